The van der Waals surface area contributed by atoms with Crippen molar-refractivity contribution in [3.63, 3.8) is 0 Å². The Morgan fingerprint density at radius 3 is 2.60 bits per heavy atom. The molecule has 0 aliphatic rings. The van der Waals surface area contributed by atoms with Gasteiger partial charge in [0.2, 0.25) is 0 Å². The highest BCUT2D eigenvalue weighted by molar-refractivity contribution is 5.65. The van der Waals surface area contributed by atoms with Crippen LogP contribution in [-0.2, 0) is 9.53 Å². The minimum atomic E-state index is 0.0300. The molecule has 0 bridgehead atoms. The Bertz CT molecular complexity index is 328. The third-order valence-electron chi connectivity index (χ3n) is 2.32. The minimum Gasteiger partial charge on any atom is -0.376 e. The lowest BCUT2D eigenvalue weighted by atomic mass is 10.0. The third-order valence-corrected chi connectivity index (χ3v) is 2.32. The quantitative estimate of drug-likeness (QED) is 0.544. The first kappa shape index (κ1) is 11.7. The molecule has 1 aromatic carbocycles. The molecule has 0 fully saturated rings. The summed E-state index contributed by atoms with van der Waals surface area (Å²) in [6, 6.07) is 10.0. The summed E-state index contributed by atoms with van der Waals surface area (Å²) in [5.74, 6) is 0. The third kappa shape index (κ3) is 3.68. The van der Waals surface area contributed by atoms with Crippen LogP contribution in [0.15, 0.2) is 42.0 Å². The van der Waals surface area contributed by atoms with Gasteiger partial charge in [0.25, 0.3) is 0 Å². The van der Waals surface area contributed by atoms with E-state index < -0.39 is 0 Å². The smallest absolute Gasteiger partial charge is 0.142 e. The number of benzene rings is 1. The van der Waals surface area contributed by atoms with Gasteiger partial charge in [0, 0.05) is 7.11 Å². The molecule has 0 saturated carbocycles. The average Bonchev–Trinajstić information content (AvgIpc) is 2.27. The number of methoxy groups -OCH3 is 1. The summed E-state index contributed by atoms with van der Waals surface area (Å²) in [6.45, 7) is 1.93. The monoisotopic (exact) mass is 204 g/mol. The van der Waals surface area contributed by atoms with Gasteiger partial charge < -0.3 is 4.74 Å². The molecular formula is C13H16O2. The van der Waals surface area contributed by atoms with Gasteiger partial charge in [-0.25, -0.2) is 0 Å². The maximum absolute atomic E-state index is 10.3. The molecule has 1 atom stereocenters. The molecule has 1 aromatic rings. The van der Waals surface area contributed by atoms with Crippen molar-refractivity contribution in [3.8, 4) is 0 Å². The molecule has 1 rings (SSSR count). The Balaban J connectivity index is 2.73. The molecule has 0 N–H and O–H groups in total. The van der Waals surface area contributed by atoms with E-state index in [-0.39, 0.29) is 6.10 Å². The summed E-state index contributed by atoms with van der Waals surface area (Å²) >= 11 is 0. The first-order valence-electron chi connectivity index (χ1n) is 4.96. The Labute approximate surface area is 90.6 Å². The van der Waals surface area contributed by atoms with Crippen LogP contribution in [0.2, 0.25) is 0 Å². The number of hydrogen-bond acceptors (Lipinski definition) is 2. The van der Waals surface area contributed by atoms with Gasteiger partial charge >= 0.3 is 0 Å². The van der Waals surface area contributed by atoms with Crippen LogP contribution in [0, 0.1) is 0 Å². The second-order valence-corrected chi connectivity index (χ2v) is 3.49. The van der Waals surface area contributed by atoms with Gasteiger partial charge in [-0.2, -0.15) is 0 Å². The highest BCUT2D eigenvalue weighted by Gasteiger charge is 2.09. The zero-order valence-electron chi connectivity index (χ0n) is 9.14. The number of allylic oxidation sites excluding steroid dienone is 1. The fraction of sp³-hybridized carbons (Fsp3) is 0.308. The van der Waals surface area contributed by atoms with E-state index in [1.807, 2.05) is 37.3 Å². The molecule has 0 heterocycles. The first-order chi connectivity index (χ1) is 7.27. The first-order valence-corrected chi connectivity index (χ1v) is 4.96. The van der Waals surface area contributed by atoms with Gasteiger partial charge in [0.1, 0.15) is 6.29 Å². The Hall–Kier alpha value is -1.41. The van der Waals surface area contributed by atoms with Crippen molar-refractivity contribution in [2.75, 3.05) is 7.11 Å². The Morgan fingerprint density at radius 1 is 1.40 bits per heavy atom. The normalized spacial score (nSPS) is 13.6. The summed E-state index contributed by atoms with van der Waals surface area (Å²) < 4.78 is 5.40. The zero-order valence-corrected chi connectivity index (χ0v) is 9.14. The summed E-state index contributed by atoms with van der Waals surface area (Å²) in [6.07, 6.45) is 3.17. The fourth-order valence-corrected chi connectivity index (χ4v) is 1.48. The molecule has 0 amide bonds. The van der Waals surface area contributed by atoms with E-state index in [2.05, 4.69) is 0 Å². The number of carbonyl (C=O) groups excluding carboxylic acids is 1. The predicted octanol–water partition coefficient (Wildman–Crippen LogP) is 2.91. The maximum Gasteiger partial charge on any atom is 0.142 e. The van der Waals surface area contributed by atoms with Crippen LogP contribution in [0.1, 0.15) is 25.0 Å². The Morgan fingerprint density at radius 2 is 2.07 bits per heavy atom. The van der Waals surface area contributed by atoms with E-state index >= 15 is 0 Å². The second kappa shape index (κ2) is 6.14. The van der Waals surface area contributed by atoms with Crippen LogP contribution >= 0.6 is 0 Å². The molecule has 0 aliphatic heterocycles. The van der Waals surface area contributed by atoms with E-state index in [0.717, 1.165) is 23.8 Å². The SMILES string of the molecule is COC(C/C(C)=C/C=O)c1ccccc1. The highest BCUT2D eigenvalue weighted by Crippen LogP contribution is 2.23. The van der Waals surface area contributed by atoms with Crippen LogP contribution < -0.4 is 0 Å². The summed E-state index contributed by atoms with van der Waals surface area (Å²) in [4.78, 5) is 10.3. The molecule has 2 nitrogen and oxygen atoms in total. The van der Waals surface area contributed by atoms with Crippen LogP contribution in [0.4, 0.5) is 0 Å². The van der Waals surface area contributed by atoms with E-state index in [4.69, 9.17) is 4.74 Å². The maximum atomic E-state index is 10.3. The second-order valence-electron chi connectivity index (χ2n) is 3.49. The summed E-state index contributed by atoms with van der Waals surface area (Å²) in [5.41, 5.74) is 2.17. The molecule has 80 valence electrons. The molecule has 0 aromatic heterocycles. The van der Waals surface area contributed by atoms with Crippen LogP contribution in [-0.4, -0.2) is 13.4 Å². The number of aldehydes is 1. The van der Waals surface area contributed by atoms with Crippen molar-refractivity contribution in [2.45, 2.75) is 19.4 Å². The van der Waals surface area contributed by atoms with Crippen LogP contribution in [0.3, 0.4) is 0 Å². The molecule has 15 heavy (non-hydrogen) atoms. The lowest BCUT2D eigenvalue weighted by molar-refractivity contribution is -0.104. The molecular weight excluding hydrogens is 188 g/mol. The van der Waals surface area contributed by atoms with Crippen molar-refractivity contribution in [2.24, 2.45) is 0 Å². The largest absolute Gasteiger partial charge is 0.376 e. The average molecular weight is 204 g/mol. The van der Waals surface area contributed by atoms with Crippen molar-refractivity contribution in [3.05, 3.63) is 47.5 Å². The van der Waals surface area contributed by atoms with Crippen molar-refractivity contribution >= 4 is 6.29 Å². The summed E-state index contributed by atoms with van der Waals surface area (Å²) in [5, 5.41) is 0. The lowest BCUT2D eigenvalue weighted by Gasteiger charge is -2.15. The standard InChI is InChI=1S/C13H16O2/c1-11(8-9-14)10-13(15-2)12-6-4-3-5-7-12/h3-9,13H,10H2,1-2H3/b11-8+. The number of ether oxygens (including phenoxy) is 1. The van der Waals surface area contributed by atoms with Gasteiger partial charge in [0.05, 0.1) is 6.10 Å². The molecule has 0 saturated heterocycles. The van der Waals surface area contributed by atoms with E-state index in [9.17, 15) is 4.79 Å². The lowest BCUT2D eigenvalue weighted by Crippen LogP contribution is -2.01. The number of rotatable bonds is 5. The molecule has 2 heteroatoms. The van der Waals surface area contributed by atoms with Crippen molar-refractivity contribution in [1.29, 1.82) is 0 Å². The number of hydrogen-bond donors (Lipinski definition) is 0. The van der Waals surface area contributed by atoms with E-state index in [1.165, 1.54) is 0 Å². The van der Waals surface area contributed by atoms with Gasteiger partial charge in [-0.3, -0.25) is 4.79 Å². The van der Waals surface area contributed by atoms with Crippen molar-refractivity contribution in [1.82, 2.24) is 0 Å². The van der Waals surface area contributed by atoms with Gasteiger partial charge in [-0.15, -0.1) is 0 Å². The van der Waals surface area contributed by atoms with Gasteiger partial charge in [0.15, 0.2) is 0 Å². The van der Waals surface area contributed by atoms with E-state index in [0.29, 0.717) is 0 Å². The number of carbonyl (C=O) groups is 1. The fourth-order valence-electron chi connectivity index (χ4n) is 1.48. The summed E-state index contributed by atoms with van der Waals surface area (Å²) in [7, 11) is 1.69. The molecule has 1 unspecified atom stereocenters. The van der Waals surface area contributed by atoms with Crippen molar-refractivity contribution < 1.29 is 9.53 Å². The highest BCUT2D eigenvalue weighted by atomic mass is 16.5. The molecule has 0 aliphatic carbocycles. The van der Waals surface area contributed by atoms with E-state index in [1.54, 1.807) is 13.2 Å². The molecule has 0 spiro atoms. The minimum absolute atomic E-state index is 0.0300. The van der Waals surface area contributed by atoms with Crippen LogP contribution in [0.5, 0.6) is 0 Å². The van der Waals surface area contributed by atoms with Gasteiger partial charge in [-0.05, 0) is 25.0 Å². The molecule has 0 radical (unpaired) electrons. The van der Waals surface area contributed by atoms with Crippen LogP contribution in [0.25, 0.3) is 0 Å². The Kier molecular flexibility index (Phi) is 4.78. The van der Waals surface area contributed by atoms with Gasteiger partial charge in [-0.1, -0.05) is 35.9 Å². The zero-order chi connectivity index (χ0) is 11.1. The topological polar surface area (TPSA) is 26.3 Å². The predicted molar refractivity (Wildman–Crippen MR) is 60.6 cm³/mol.